The number of aliphatic hydroxyl groups excluding tert-OH is 1. The van der Waals surface area contributed by atoms with E-state index in [0.717, 1.165) is 0 Å². The van der Waals surface area contributed by atoms with Crippen molar-refractivity contribution in [1.29, 1.82) is 0 Å². The van der Waals surface area contributed by atoms with Crippen LogP contribution in [0.15, 0.2) is 24.3 Å². The minimum absolute atomic E-state index is 0.165. The SMILES string of the molecule is CC(O)C(C)(C)NC(=O)C1COc2ccccc2O1. The fraction of sp³-hybridized carbons (Fsp3) is 0.500. The number of hydrogen-bond acceptors (Lipinski definition) is 4. The molecule has 1 aliphatic rings. The molecule has 104 valence electrons. The number of carbonyl (C=O) groups excluding carboxylic acids is 1. The predicted octanol–water partition coefficient (Wildman–Crippen LogP) is 1.10. The zero-order valence-corrected chi connectivity index (χ0v) is 11.3. The molecule has 0 fully saturated rings. The highest BCUT2D eigenvalue weighted by Crippen LogP contribution is 2.31. The number of ether oxygens (including phenoxy) is 2. The van der Waals surface area contributed by atoms with Gasteiger partial charge in [-0.2, -0.15) is 0 Å². The Labute approximate surface area is 112 Å². The van der Waals surface area contributed by atoms with Gasteiger partial charge in [0.2, 0.25) is 6.10 Å². The second-order valence-corrected chi connectivity index (χ2v) is 5.25. The summed E-state index contributed by atoms with van der Waals surface area (Å²) in [5, 5.41) is 12.4. The first-order valence-corrected chi connectivity index (χ1v) is 6.29. The molecule has 0 saturated carbocycles. The van der Waals surface area contributed by atoms with Crippen LogP contribution >= 0.6 is 0 Å². The van der Waals surface area contributed by atoms with Crippen LogP contribution in [0.4, 0.5) is 0 Å². The molecule has 1 heterocycles. The summed E-state index contributed by atoms with van der Waals surface area (Å²) in [5.74, 6) is 0.908. The van der Waals surface area contributed by atoms with Crippen LogP contribution in [0.1, 0.15) is 20.8 Å². The van der Waals surface area contributed by atoms with E-state index in [2.05, 4.69) is 5.32 Å². The largest absolute Gasteiger partial charge is 0.485 e. The maximum atomic E-state index is 12.1. The van der Waals surface area contributed by atoms with Gasteiger partial charge in [0, 0.05) is 0 Å². The molecule has 2 rings (SSSR count). The summed E-state index contributed by atoms with van der Waals surface area (Å²) in [6.07, 6.45) is -1.36. The molecule has 5 heteroatoms. The van der Waals surface area contributed by atoms with Crippen molar-refractivity contribution >= 4 is 5.91 Å². The van der Waals surface area contributed by atoms with Gasteiger partial charge in [-0.25, -0.2) is 0 Å². The van der Waals surface area contributed by atoms with E-state index in [4.69, 9.17) is 9.47 Å². The topological polar surface area (TPSA) is 67.8 Å². The number of amides is 1. The first kappa shape index (κ1) is 13.7. The molecule has 1 aromatic rings. The van der Waals surface area contributed by atoms with E-state index in [1.54, 1.807) is 32.9 Å². The molecule has 0 aromatic heterocycles. The summed E-state index contributed by atoms with van der Waals surface area (Å²) < 4.78 is 11.1. The van der Waals surface area contributed by atoms with Crippen LogP contribution in [0, 0.1) is 0 Å². The van der Waals surface area contributed by atoms with Crippen molar-refractivity contribution < 1.29 is 19.4 Å². The molecule has 1 aliphatic heterocycles. The van der Waals surface area contributed by atoms with Crippen molar-refractivity contribution in [3.05, 3.63) is 24.3 Å². The van der Waals surface area contributed by atoms with Gasteiger partial charge < -0.3 is 19.9 Å². The van der Waals surface area contributed by atoms with E-state index >= 15 is 0 Å². The predicted molar refractivity (Wildman–Crippen MR) is 70.3 cm³/mol. The van der Waals surface area contributed by atoms with Gasteiger partial charge in [-0.3, -0.25) is 4.79 Å². The fourth-order valence-corrected chi connectivity index (χ4v) is 1.65. The van der Waals surface area contributed by atoms with Crippen molar-refractivity contribution in [3.8, 4) is 11.5 Å². The zero-order valence-electron chi connectivity index (χ0n) is 11.3. The Morgan fingerprint density at radius 2 is 2.05 bits per heavy atom. The molecule has 0 bridgehead atoms. The van der Waals surface area contributed by atoms with Crippen LogP contribution in [0.5, 0.6) is 11.5 Å². The molecule has 2 atom stereocenters. The highest BCUT2D eigenvalue weighted by Gasteiger charge is 2.33. The molecule has 1 amide bonds. The molecule has 5 nitrogen and oxygen atoms in total. The zero-order chi connectivity index (χ0) is 14.0. The lowest BCUT2D eigenvalue weighted by Gasteiger charge is -2.32. The third kappa shape index (κ3) is 2.98. The van der Waals surface area contributed by atoms with Crippen molar-refractivity contribution in [1.82, 2.24) is 5.32 Å². The molecule has 19 heavy (non-hydrogen) atoms. The number of rotatable bonds is 3. The smallest absolute Gasteiger partial charge is 0.265 e. The van der Waals surface area contributed by atoms with E-state index in [-0.39, 0.29) is 12.5 Å². The number of hydrogen-bond donors (Lipinski definition) is 2. The summed E-state index contributed by atoms with van der Waals surface area (Å²) in [4.78, 5) is 12.1. The van der Waals surface area contributed by atoms with E-state index in [1.165, 1.54) is 0 Å². The normalized spacial score (nSPS) is 19.7. The van der Waals surface area contributed by atoms with E-state index in [1.807, 2.05) is 12.1 Å². The Morgan fingerprint density at radius 1 is 1.42 bits per heavy atom. The standard InChI is InChI=1S/C14H19NO4/c1-9(16)14(2,3)15-13(17)12-8-18-10-6-4-5-7-11(10)19-12/h4-7,9,12,16H,8H2,1-3H3,(H,15,17). The summed E-state index contributed by atoms with van der Waals surface area (Å²) in [6.45, 7) is 5.31. The summed E-state index contributed by atoms with van der Waals surface area (Å²) in [7, 11) is 0. The van der Waals surface area contributed by atoms with Gasteiger partial charge in [0.1, 0.15) is 6.61 Å². The van der Waals surface area contributed by atoms with Gasteiger partial charge in [-0.15, -0.1) is 0 Å². The number of para-hydroxylation sites is 2. The Balaban J connectivity index is 2.03. The highest BCUT2D eigenvalue weighted by atomic mass is 16.6. The second kappa shape index (κ2) is 5.09. The van der Waals surface area contributed by atoms with Crippen LogP contribution < -0.4 is 14.8 Å². The third-order valence-corrected chi connectivity index (χ3v) is 3.29. The van der Waals surface area contributed by atoms with Crippen LogP contribution in [0.2, 0.25) is 0 Å². The highest BCUT2D eigenvalue weighted by molar-refractivity contribution is 5.82. The number of benzene rings is 1. The minimum atomic E-state index is -0.711. The second-order valence-electron chi connectivity index (χ2n) is 5.25. The van der Waals surface area contributed by atoms with Gasteiger partial charge in [-0.05, 0) is 32.9 Å². The van der Waals surface area contributed by atoms with Crippen LogP contribution in [0.25, 0.3) is 0 Å². The van der Waals surface area contributed by atoms with Crippen LogP contribution in [-0.2, 0) is 4.79 Å². The lowest BCUT2D eigenvalue weighted by atomic mass is 9.98. The lowest BCUT2D eigenvalue weighted by Crippen LogP contribution is -2.56. The summed E-state index contributed by atoms with van der Waals surface area (Å²) in [6, 6.07) is 7.22. The van der Waals surface area contributed by atoms with Crippen molar-refractivity contribution in [2.45, 2.75) is 38.5 Å². The molecule has 0 saturated heterocycles. The van der Waals surface area contributed by atoms with E-state index < -0.39 is 17.7 Å². The molecule has 1 aromatic carbocycles. The lowest BCUT2D eigenvalue weighted by molar-refractivity contribution is -0.133. The molecule has 2 unspecified atom stereocenters. The van der Waals surface area contributed by atoms with Gasteiger partial charge in [0.25, 0.3) is 5.91 Å². The van der Waals surface area contributed by atoms with Gasteiger partial charge in [-0.1, -0.05) is 12.1 Å². The number of aliphatic hydroxyl groups is 1. The van der Waals surface area contributed by atoms with Crippen molar-refractivity contribution in [2.24, 2.45) is 0 Å². The van der Waals surface area contributed by atoms with Crippen molar-refractivity contribution in [2.75, 3.05) is 6.61 Å². The van der Waals surface area contributed by atoms with E-state index in [0.29, 0.717) is 11.5 Å². The quantitative estimate of drug-likeness (QED) is 0.859. The monoisotopic (exact) mass is 265 g/mol. The Hall–Kier alpha value is -1.75. The molecule has 0 aliphatic carbocycles. The van der Waals surface area contributed by atoms with Crippen LogP contribution in [-0.4, -0.2) is 35.4 Å². The summed E-state index contributed by atoms with van der Waals surface area (Å²) >= 11 is 0. The van der Waals surface area contributed by atoms with Crippen molar-refractivity contribution in [3.63, 3.8) is 0 Å². The van der Waals surface area contributed by atoms with Gasteiger partial charge in [0.15, 0.2) is 11.5 Å². The number of carbonyl (C=O) groups is 1. The number of nitrogens with one attached hydrogen (secondary N) is 1. The molecule has 0 spiro atoms. The summed E-state index contributed by atoms with van der Waals surface area (Å²) in [5.41, 5.74) is -0.711. The minimum Gasteiger partial charge on any atom is -0.485 e. The molecule has 2 N–H and O–H groups in total. The first-order chi connectivity index (χ1) is 8.90. The first-order valence-electron chi connectivity index (χ1n) is 6.29. The van der Waals surface area contributed by atoms with Gasteiger partial charge in [0.05, 0.1) is 11.6 Å². The Bertz CT molecular complexity index is 470. The maximum absolute atomic E-state index is 12.1. The molecular weight excluding hydrogens is 246 g/mol. The average molecular weight is 265 g/mol. The van der Waals surface area contributed by atoms with Gasteiger partial charge >= 0.3 is 0 Å². The molecular formula is C14H19NO4. The Kier molecular flexibility index (Phi) is 3.66. The maximum Gasteiger partial charge on any atom is 0.265 e. The average Bonchev–Trinajstić information content (AvgIpc) is 2.37. The number of fused-ring (bicyclic) bond motifs is 1. The Morgan fingerprint density at radius 3 is 2.68 bits per heavy atom. The van der Waals surface area contributed by atoms with E-state index in [9.17, 15) is 9.90 Å². The van der Waals surface area contributed by atoms with Crippen LogP contribution in [0.3, 0.4) is 0 Å². The molecule has 0 radical (unpaired) electrons. The third-order valence-electron chi connectivity index (χ3n) is 3.29. The fourth-order valence-electron chi connectivity index (χ4n) is 1.65.